The summed E-state index contributed by atoms with van der Waals surface area (Å²) in [5, 5.41) is 0. The van der Waals surface area contributed by atoms with Gasteiger partial charge < -0.3 is 15.9 Å². The van der Waals surface area contributed by atoms with Crippen LogP contribution in [-0.2, 0) is 0 Å². The predicted molar refractivity (Wildman–Crippen MR) is 66.9 cm³/mol. The summed E-state index contributed by atoms with van der Waals surface area (Å²) in [6, 6.07) is 7.09. The Balaban J connectivity index is 2.32. The van der Waals surface area contributed by atoms with Crippen LogP contribution in [0.5, 0.6) is 0 Å². The molecule has 0 saturated carbocycles. The normalized spacial score (nSPS) is 10.4. The number of anilines is 1. The maximum Gasteiger partial charge on any atom is 0.250 e. The first-order valence-electron chi connectivity index (χ1n) is 4.99. The molecule has 5 heteroatoms. The van der Waals surface area contributed by atoms with E-state index in [2.05, 4.69) is 0 Å². The fourth-order valence-electron chi connectivity index (χ4n) is 1.42. The molecule has 17 heavy (non-hydrogen) atoms. The lowest BCUT2D eigenvalue weighted by atomic mass is 10.2. The number of primary amides is 1. The molecule has 2 rings (SSSR count). The maximum absolute atomic E-state index is 11.2. The van der Waals surface area contributed by atoms with E-state index in [1.165, 1.54) is 11.8 Å². The van der Waals surface area contributed by atoms with Gasteiger partial charge in [-0.05, 0) is 31.2 Å². The molecule has 88 valence electrons. The van der Waals surface area contributed by atoms with Gasteiger partial charge in [0.25, 0.3) is 5.91 Å². The van der Waals surface area contributed by atoms with Crippen LogP contribution in [0.1, 0.15) is 16.1 Å². The van der Waals surface area contributed by atoms with E-state index in [0.29, 0.717) is 11.3 Å². The summed E-state index contributed by atoms with van der Waals surface area (Å²) in [5.74, 6) is 0.321. The number of carbonyl (C=O) groups excluding carboxylic acids is 1. The molecule has 0 aliphatic rings. The lowest BCUT2D eigenvalue weighted by Gasteiger charge is -2.05. The molecule has 4 nitrogen and oxygen atoms in total. The lowest BCUT2D eigenvalue weighted by molar-refractivity contribution is 0.100. The summed E-state index contributed by atoms with van der Waals surface area (Å²) in [5.41, 5.74) is 11.6. The zero-order valence-corrected chi connectivity index (χ0v) is 10.1. The van der Waals surface area contributed by atoms with E-state index in [9.17, 15) is 4.79 Å². The van der Waals surface area contributed by atoms with Gasteiger partial charge in [-0.2, -0.15) is 0 Å². The molecule has 1 aromatic heterocycles. The SMILES string of the molecule is Cc1occc1Sc1ccc(N)c(C(N)=O)c1. The van der Waals surface area contributed by atoms with Gasteiger partial charge in [0.15, 0.2) is 0 Å². The number of furan rings is 1. The van der Waals surface area contributed by atoms with Crippen LogP contribution in [0.25, 0.3) is 0 Å². The number of nitrogens with two attached hydrogens (primary N) is 2. The van der Waals surface area contributed by atoms with Crippen molar-refractivity contribution in [1.82, 2.24) is 0 Å². The van der Waals surface area contributed by atoms with E-state index in [1.54, 1.807) is 18.4 Å². The van der Waals surface area contributed by atoms with Gasteiger partial charge in [0.2, 0.25) is 0 Å². The Bertz CT molecular complexity index is 563. The van der Waals surface area contributed by atoms with Crippen molar-refractivity contribution in [2.24, 2.45) is 5.73 Å². The molecule has 0 spiro atoms. The van der Waals surface area contributed by atoms with Crippen LogP contribution >= 0.6 is 11.8 Å². The number of benzene rings is 1. The number of hydrogen-bond donors (Lipinski definition) is 2. The molecule has 0 bridgehead atoms. The first-order valence-corrected chi connectivity index (χ1v) is 5.81. The number of hydrogen-bond acceptors (Lipinski definition) is 4. The second kappa shape index (κ2) is 4.55. The summed E-state index contributed by atoms with van der Waals surface area (Å²) in [6.45, 7) is 1.88. The van der Waals surface area contributed by atoms with Crippen molar-refractivity contribution in [3.05, 3.63) is 41.9 Å². The van der Waals surface area contributed by atoms with Crippen molar-refractivity contribution in [3.63, 3.8) is 0 Å². The molecule has 0 aliphatic heterocycles. The topological polar surface area (TPSA) is 82.2 Å². The minimum absolute atomic E-state index is 0.344. The van der Waals surface area contributed by atoms with Crippen molar-refractivity contribution in [2.75, 3.05) is 5.73 Å². The van der Waals surface area contributed by atoms with Crippen LogP contribution < -0.4 is 11.5 Å². The van der Waals surface area contributed by atoms with Crippen LogP contribution in [0.3, 0.4) is 0 Å². The Morgan fingerprint density at radius 1 is 1.35 bits per heavy atom. The first kappa shape index (κ1) is 11.6. The molecule has 0 radical (unpaired) electrons. The third kappa shape index (κ3) is 2.45. The fourth-order valence-corrected chi connectivity index (χ4v) is 2.30. The highest BCUT2D eigenvalue weighted by Gasteiger charge is 2.09. The van der Waals surface area contributed by atoms with E-state index < -0.39 is 5.91 Å². The van der Waals surface area contributed by atoms with Crippen molar-refractivity contribution in [3.8, 4) is 0 Å². The number of aryl methyl sites for hydroxylation is 1. The number of nitrogen functional groups attached to an aromatic ring is 1. The Morgan fingerprint density at radius 3 is 2.71 bits per heavy atom. The molecule has 0 saturated heterocycles. The second-order valence-electron chi connectivity index (χ2n) is 3.56. The first-order chi connectivity index (χ1) is 8.08. The van der Waals surface area contributed by atoms with Crippen LogP contribution in [0, 0.1) is 6.92 Å². The van der Waals surface area contributed by atoms with Crippen molar-refractivity contribution < 1.29 is 9.21 Å². The smallest absolute Gasteiger partial charge is 0.250 e. The van der Waals surface area contributed by atoms with Crippen molar-refractivity contribution in [1.29, 1.82) is 0 Å². The lowest BCUT2D eigenvalue weighted by Crippen LogP contribution is -2.13. The number of amides is 1. The van der Waals surface area contributed by atoms with Crippen molar-refractivity contribution >= 4 is 23.4 Å². The summed E-state index contributed by atoms with van der Waals surface area (Å²) in [4.78, 5) is 13.1. The zero-order chi connectivity index (χ0) is 12.4. The zero-order valence-electron chi connectivity index (χ0n) is 9.27. The largest absolute Gasteiger partial charge is 0.468 e. The minimum atomic E-state index is -0.520. The molecule has 0 fully saturated rings. The van der Waals surface area contributed by atoms with E-state index in [4.69, 9.17) is 15.9 Å². The third-order valence-corrected chi connectivity index (χ3v) is 3.46. The molecule has 1 amide bonds. The molecule has 0 aliphatic carbocycles. The van der Waals surface area contributed by atoms with Crippen LogP contribution in [0.2, 0.25) is 0 Å². The summed E-state index contributed by atoms with van der Waals surface area (Å²) in [7, 11) is 0. The van der Waals surface area contributed by atoms with Gasteiger partial charge in [0, 0.05) is 10.6 Å². The van der Waals surface area contributed by atoms with Gasteiger partial charge in [-0.25, -0.2) is 0 Å². The standard InChI is InChI=1S/C12H12N2O2S/c1-7-11(4-5-16-7)17-8-2-3-10(13)9(6-8)12(14)15/h2-6H,13H2,1H3,(H2,14,15). The molecular formula is C12H12N2O2S. The van der Waals surface area contributed by atoms with Crippen LogP contribution in [-0.4, -0.2) is 5.91 Å². The Kier molecular flexibility index (Phi) is 3.10. The third-order valence-electron chi connectivity index (χ3n) is 2.33. The summed E-state index contributed by atoms with van der Waals surface area (Å²) < 4.78 is 5.20. The van der Waals surface area contributed by atoms with Gasteiger partial charge in [0.05, 0.1) is 16.7 Å². The van der Waals surface area contributed by atoms with Gasteiger partial charge in [-0.1, -0.05) is 11.8 Å². The molecule has 0 unspecified atom stereocenters. The summed E-state index contributed by atoms with van der Waals surface area (Å²) in [6.07, 6.45) is 1.63. The maximum atomic E-state index is 11.2. The average molecular weight is 248 g/mol. The Labute approximate surface area is 103 Å². The Hall–Kier alpha value is -1.88. The summed E-state index contributed by atoms with van der Waals surface area (Å²) >= 11 is 1.50. The molecule has 4 N–H and O–H groups in total. The molecule has 0 atom stereocenters. The van der Waals surface area contributed by atoms with E-state index in [1.807, 2.05) is 19.1 Å². The quantitative estimate of drug-likeness (QED) is 0.817. The number of rotatable bonds is 3. The van der Waals surface area contributed by atoms with Gasteiger partial charge in [-0.15, -0.1) is 0 Å². The van der Waals surface area contributed by atoms with Gasteiger partial charge in [0.1, 0.15) is 5.76 Å². The second-order valence-corrected chi connectivity index (χ2v) is 4.67. The molecule has 2 aromatic rings. The fraction of sp³-hybridized carbons (Fsp3) is 0.0833. The van der Waals surface area contributed by atoms with Crippen LogP contribution in [0.15, 0.2) is 44.7 Å². The Morgan fingerprint density at radius 2 is 2.12 bits per heavy atom. The van der Waals surface area contributed by atoms with Crippen molar-refractivity contribution in [2.45, 2.75) is 16.7 Å². The predicted octanol–water partition coefficient (Wildman–Crippen LogP) is 2.42. The minimum Gasteiger partial charge on any atom is -0.468 e. The molecule has 1 aromatic carbocycles. The van der Waals surface area contributed by atoms with Crippen LogP contribution in [0.4, 0.5) is 5.69 Å². The number of carbonyl (C=O) groups is 1. The monoisotopic (exact) mass is 248 g/mol. The highest BCUT2D eigenvalue weighted by molar-refractivity contribution is 7.99. The van der Waals surface area contributed by atoms with E-state index in [-0.39, 0.29) is 0 Å². The van der Waals surface area contributed by atoms with E-state index in [0.717, 1.165) is 15.6 Å². The van der Waals surface area contributed by atoms with E-state index >= 15 is 0 Å². The highest BCUT2D eigenvalue weighted by atomic mass is 32.2. The molecule has 1 heterocycles. The van der Waals surface area contributed by atoms with Gasteiger partial charge in [-0.3, -0.25) is 4.79 Å². The highest BCUT2D eigenvalue weighted by Crippen LogP contribution is 2.32. The molecular weight excluding hydrogens is 236 g/mol. The average Bonchev–Trinajstić information content (AvgIpc) is 2.67. The van der Waals surface area contributed by atoms with Gasteiger partial charge >= 0.3 is 0 Å².